The van der Waals surface area contributed by atoms with E-state index in [1.54, 1.807) is 25.3 Å². The van der Waals surface area contributed by atoms with Crippen LogP contribution in [0.5, 0.6) is 0 Å². The highest BCUT2D eigenvalue weighted by Crippen LogP contribution is 2.35. The lowest BCUT2D eigenvalue weighted by molar-refractivity contribution is 0.0526. The molecule has 0 atom stereocenters. The molecule has 7 aromatic rings. The van der Waals surface area contributed by atoms with Gasteiger partial charge in [0.25, 0.3) is 5.91 Å². The van der Waals surface area contributed by atoms with E-state index in [0.29, 0.717) is 23.4 Å². The molecule has 0 aliphatic carbocycles. The van der Waals surface area contributed by atoms with E-state index in [9.17, 15) is 9.59 Å². The maximum absolute atomic E-state index is 13.7. The van der Waals surface area contributed by atoms with Gasteiger partial charge in [-0.25, -0.2) is 15.2 Å². The van der Waals surface area contributed by atoms with E-state index in [0.717, 1.165) is 50.2 Å². The van der Waals surface area contributed by atoms with Gasteiger partial charge >= 0.3 is 5.97 Å². The maximum Gasteiger partial charge on any atom is 0.338 e. The quantitative estimate of drug-likeness (QED) is 0.0970. The highest BCUT2D eigenvalue weighted by molar-refractivity contribution is 6.07. The SMILES string of the molecule is CCOC(=O)c1ccc(-n2c(-c3ccccc3)cc(/C=N\NC(=O)c3cc(-c4ccccc4)nc4ccccc34)c2-c2ccccc2)cc1. The van der Waals surface area contributed by atoms with Crippen LogP contribution in [0.3, 0.4) is 0 Å². The summed E-state index contributed by atoms with van der Waals surface area (Å²) in [7, 11) is 0. The fourth-order valence-corrected chi connectivity index (χ4v) is 5.91. The van der Waals surface area contributed by atoms with E-state index in [2.05, 4.69) is 33.3 Å². The molecular weight excluding hydrogens is 608 g/mol. The predicted octanol–water partition coefficient (Wildman–Crippen LogP) is 8.97. The molecule has 0 radical (unpaired) electrons. The Morgan fingerprint density at radius 3 is 2.02 bits per heavy atom. The van der Waals surface area contributed by atoms with Crippen LogP contribution in [0.15, 0.2) is 157 Å². The topological polar surface area (TPSA) is 85.6 Å². The third-order valence-electron chi connectivity index (χ3n) is 8.18. The van der Waals surface area contributed by atoms with Crippen molar-refractivity contribution in [2.24, 2.45) is 5.10 Å². The second kappa shape index (κ2) is 14.0. The van der Waals surface area contributed by atoms with E-state index < -0.39 is 0 Å². The molecule has 0 saturated heterocycles. The van der Waals surface area contributed by atoms with Crippen LogP contribution >= 0.6 is 0 Å². The molecule has 238 valence electrons. The van der Waals surface area contributed by atoms with Crippen molar-refractivity contribution in [1.29, 1.82) is 0 Å². The Morgan fingerprint density at radius 1 is 0.735 bits per heavy atom. The first kappa shape index (κ1) is 31.0. The number of pyridine rings is 1. The number of fused-ring (bicyclic) bond motifs is 1. The van der Waals surface area contributed by atoms with Crippen LogP contribution in [0.4, 0.5) is 0 Å². The van der Waals surface area contributed by atoms with Crippen LogP contribution < -0.4 is 5.43 Å². The van der Waals surface area contributed by atoms with E-state index in [1.807, 2.05) is 121 Å². The molecule has 5 aromatic carbocycles. The number of hydrazone groups is 1. The summed E-state index contributed by atoms with van der Waals surface area (Å²) in [6.45, 7) is 2.09. The molecule has 7 heteroatoms. The average Bonchev–Trinajstić information content (AvgIpc) is 3.55. The number of carbonyl (C=O) groups is 2. The highest BCUT2D eigenvalue weighted by atomic mass is 16.5. The third kappa shape index (κ3) is 6.50. The molecule has 0 spiro atoms. The summed E-state index contributed by atoms with van der Waals surface area (Å²) >= 11 is 0. The minimum atomic E-state index is -0.366. The molecule has 7 rings (SSSR count). The van der Waals surface area contributed by atoms with Crippen molar-refractivity contribution >= 4 is 29.0 Å². The highest BCUT2D eigenvalue weighted by Gasteiger charge is 2.20. The maximum atomic E-state index is 13.7. The Kier molecular flexibility index (Phi) is 8.88. The molecule has 0 aliphatic heterocycles. The second-order valence-electron chi connectivity index (χ2n) is 11.3. The molecule has 2 aromatic heterocycles. The fourth-order valence-electron chi connectivity index (χ4n) is 5.91. The fraction of sp³-hybridized carbons (Fsp3) is 0.0476. The van der Waals surface area contributed by atoms with E-state index in [4.69, 9.17) is 9.72 Å². The Labute approximate surface area is 284 Å². The van der Waals surface area contributed by atoms with Crippen LogP contribution in [-0.2, 0) is 4.74 Å². The minimum absolute atomic E-state index is 0.305. The Hall–Kier alpha value is -6.60. The average molecular weight is 641 g/mol. The first-order valence-electron chi connectivity index (χ1n) is 16.0. The zero-order valence-electron chi connectivity index (χ0n) is 26.8. The molecule has 0 unspecified atom stereocenters. The van der Waals surface area contributed by atoms with Gasteiger partial charge in [-0.05, 0) is 60.5 Å². The van der Waals surface area contributed by atoms with Gasteiger partial charge in [-0.2, -0.15) is 5.10 Å². The lowest BCUT2D eigenvalue weighted by Gasteiger charge is -2.15. The molecule has 1 amide bonds. The van der Waals surface area contributed by atoms with Gasteiger partial charge in [0.2, 0.25) is 0 Å². The zero-order valence-corrected chi connectivity index (χ0v) is 26.8. The number of nitrogens with one attached hydrogen (secondary N) is 1. The van der Waals surface area contributed by atoms with Crippen molar-refractivity contribution in [3.05, 3.63) is 168 Å². The normalized spacial score (nSPS) is 11.1. The van der Waals surface area contributed by atoms with Gasteiger partial charge in [-0.1, -0.05) is 109 Å². The van der Waals surface area contributed by atoms with Gasteiger partial charge in [-0.3, -0.25) is 4.79 Å². The first-order valence-corrected chi connectivity index (χ1v) is 16.0. The van der Waals surface area contributed by atoms with Crippen molar-refractivity contribution in [3.63, 3.8) is 0 Å². The van der Waals surface area contributed by atoms with E-state index in [1.165, 1.54) is 0 Å². The smallest absolute Gasteiger partial charge is 0.338 e. The molecule has 2 heterocycles. The molecular formula is C42H32N4O3. The van der Waals surface area contributed by atoms with Crippen molar-refractivity contribution in [2.75, 3.05) is 6.61 Å². The van der Waals surface area contributed by atoms with Crippen LogP contribution in [0, 0.1) is 0 Å². The minimum Gasteiger partial charge on any atom is -0.462 e. The number of ether oxygens (including phenoxy) is 1. The van der Waals surface area contributed by atoms with Gasteiger partial charge in [0.1, 0.15) is 0 Å². The summed E-state index contributed by atoms with van der Waals surface area (Å²) in [5.74, 6) is -0.708. The molecule has 0 aliphatic rings. The van der Waals surface area contributed by atoms with Gasteiger partial charge in [0.05, 0.1) is 46.5 Å². The van der Waals surface area contributed by atoms with Crippen molar-refractivity contribution in [2.45, 2.75) is 6.92 Å². The number of aromatic nitrogens is 2. The number of hydrogen-bond donors (Lipinski definition) is 1. The lowest BCUT2D eigenvalue weighted by Crippen LogP contribution is -2.18. The summed E-state index contributed by atoms with van der Waals surface area (Å²) in [4.78, 5) is 31.0. The Bertz CT molecular complexity index is 2280. The molecule has 49 heavy (non-hydrogen) atoms. The lowest BCUT2D eigenvalue weighted by atomic mass is 10.0. The first-order chi connectivity index (χ1) is 24.1. The number of amides is 1. The summed E-state index contributed by atoms with van der Waals surface area (Å²) in [5.41, 5.74) is 11.5. The predicted molar refractivity (Wildman–Crippen MR) is 195 cm³/mol. The summed E-state index contributed by atoms with van der Waals surface area (Å²) in [6.07, 6.45) is 1.68. The van der Waals surface area contributed by atoms with Crippen molar-refractivity contribution in [3.8, 4) is 39.5 Å². The number of esters is 1. The van der Waals surface area contributed by atoms with Gasteiger partial charge in [-0.15, -0.1) is 0 Å². The van der Waals surface area contributed by atoms with Crippen LogP contribution in [0.1, 0.15) is 33.2 Å². The third-order valence-corrected chi connectivity index (χ3v) is 8.18. The summed E-state index contributed by atoms with van der Waals surface area (Å²) in [6, 6.07) is 48.7. The van der Waals surface area contributed by atoms with Gasteiger partial charge < -0.3 is 9.30 Å². The molecule has 7 nitrogen and oxygen atoms in total. The van der Waals surface area contributed by atoms with Crippen LogP contribution in [0.2, 0.25) is 0 Å². The number of hydrogen-bond acceptors (Lipinski definition) is 5. The summed E-state index contributed by atoms with van der Waals surface area (Å²) < 4.78 is 7.35. The molecule has 0 saturated carbocycles. The number of para-hydroxylation sites is 1. The van der Waals surface area contributed by atoms with E-state index in [-0.39, 0.29) is 11.9 Å². The molecule has 1 N–H and O–H groups in total. The monoisotopic (exact) mass is 640 g/mol. The number of rotatable bonds is 9. The van der Waals surface area contributed by atoms with E-state index >= 15 is 0 Å². The summed E-state index contributed by atoms with van der Waals surface area (Å²) in [5, 5.41) is 5.23. The molecule has 0 bridgehead atoms. The van der Waals surface area contributed by atoms with Crippen LogP contribution in [-0.4, -0.2) is 34.2 Å². The van der Waals surface area contributed by atoms with Crippen molar-refractivity contribution in [1.82, 2.24) is 15.0 Å². The van der Waals surface area contributed by atoms with Gasteiger partial charge in [0.15, 0.2) is 0 Å². The Morgan fingerprint density at radius 2 is 1.35 bits per heavy atom. The standard InChI is InChI=1S/C42H32N4O3/c1-2-49-42(48)32-22-24-34(25-23-32)46-39(30-16-8-4-9-17-30)26-33(40(46)31-18-10-5-11-19-31)28-43-45-41(47)36-27-38(29-14-6-3-7-15-29)44-37-21-13-12-20-35(36)37/h3-28H,2H2,1H3,(H,45,47)/b43-28-. The van der Waals surface area contributed by atoms with Gasteiger partial charge in [0, 0.05) is 22.2 Å². The number of carbonyl (C=O) groups excluding carboxylic acids is 2. The number of benzene rings is 5. The molecule has 0 fully saturated rings. The van der Waals surface area contributed by atoms with Crippen LogP contribution in [0.25, 0.3) is 50.4 Å². The van der Waals surface area contributed by atoms with Crippen molar-refractivity contribution < 1.29 is 14.3 Å². The Balaban J connectivity index is 1.31. The second-order valence-corrected chi connectivity index (χ2v) is 11.3. The zero-order chi connectivity index (χ0) is 33.6. The number of nitrogens with zero attached hydrogens (tertiary/aromatic N) is 3. The largest absolute Gasteiger partial charge is 0.462 e.